The standard InChI is InChI=1S/C18H26Cl2N2O/c1-12(2)22(17-8-6-5-7-16(17)21(3)4)18(23)13-9-10-14(19)15(20)11-13/h9-12,16-17H,5-8H2,1-4H3. The van der Waals surface area contributed by atoms with Gasteiger partial charge in [-0.15, -0.1) is 0 Å². The molecule has 0 spiro atoms. The molecule has 0 aromatic heterocycles. The Labute approximate surface area is 149 Å². The van der Waals surface area contributed by atoms with Gasteiger partial charge in [-0.1, -0.05) is 36.0 Å². The minimum absolute atomic E-state index is 0.0392. The number of rotatable bonds is 4. The van der Waals surface area contributed by atoms with Gasteiger partial charge in [0, 0.05) is 23.7 Å². The van der Waals surface area contributed by atoms with Crippen molar-refractivity contribution in [2.45, 2.75) is 57.7 Å². The third-order valence-corrected chi connectivity index (χ3v) is 5.41. The normalized spacial score (nSPS) is 21.7. The van der Waals surface area contributed by atoms with Crippen LogP contribution in [0.5, 0.6) is 0 Å². The van der Waals surface area contributed by atoms with Gasteiger partial charge in [-0.3, -0.25) is 4.79 Å². The molecule has 1 aliphatic carbocycles. The van der Waals surface area contributed by atoms with Crippen LogP contribution in [-0.2, 0) is 0 Å². The van der Waals surface area contributed by atoms with Crippen LogP contribution in [0.3, 0.4) is 0 Å². The highest BCUT2D eigenvalue weighted by Gasteiger charge is 2.35. The molecule has 1 aromatic carbocycles. The summed E-state index contributed by atoms with van der Waals surface area (Å²) >= 11 is 12.1. The molecule has 2 rings (SSSR count). The lowest BCUT2D eigenvalue weighted by atomic mass is 9.87. The fourth-order valence-electron chi connectivity index (χ4n) is 3.56. The van der Waals surface area contributed by atoms with Gasteiger partial charge >= 0.3 is 0 Å². The summed E-state index contributed by atoms with van der Waals surface area (Å²) in [6, 6.07) is 5.91. The van der Waals surface area contributed by atoms with E-state index in [2.05, 4.69) is 32.8 Å². The van der Waals surface area contributed by atoms with Gasteiger partial charge in [0.2, 0.25) is 0 Å². The van der Waals surface area contributed by atoms with Crippen molar-refractivity contribution in [1.82, 2.24) is 9.80 Å². The van der Waals surface area contributed by atoms with E-state index >= 15 is 0 Å². The smallest absolute Gasteiger partial charge is 0.254 e. The largest absolute Gasteiger partial charge is 0.332 e. The van der Waals surface area contributed by atoms with E-state index in [4.69, 9.17) is 23.2 Å². The van der Waals surface area contributed by atoms with Crippen molar-refractivity contribution in [2.75, 3.05) is 14.1 Å². The number of hydrogen-bond donors (Lipinski definition) is 0. The van der Waals surface area contributed by atoms with Crippen molar-refractivity contribution in [3.05, 3.63) is 33.8 Å². The number of carbonyl (C=O) groups excluding carboxylic acids is 1. The Kier molecular flexibility index (Phi) is 6.35. The summed E-state index contributed by atoms with van der Waals surface area (Å²) in [6.45, 7) is 4.16. The van der Waals surface area contributed by atoms with E-state index < -0.39 is 0 Å². The van der Waals surface area contributed by atoms with Crippen molar-refractivity contribution >= 4 is 29.1 Å². The molecule has 23 heavy (non-hydrogen) atoms. The summed E-state index contributed by atoms with van der Waals surface area (Å²) in [4.78, 5) is 17.4. The average Bonchev–Trinajstić information content (AvgIpc) is 2.50. The predicted octanol–water partition coefficient (Wildman–Crippen LogP) is 4.72. The van der Waals surface area contributed by atoms with Crippen molar-refractivity contribution < 1.29 is 4.79 Å². The number of benzene rings is 1. The molecule has 0 heterocycles. The van der Waals surface area contributed by atoms with Gasteiger partial charge in [-0.2, -0.15) is 0 Å². The zero-order chi connectivity index (χ0) is 17.1. The SMILES string of the molecule is CC(C)N(C(=O)c1ccc(Cl)c(Cl)c1)C1CCCCC1N(C)C. The summed E-state index contributed by atoms with van der Waals surface area (Å²) in [5, 5.41) is 0.900. The lowest BCUT2D eigenvalue weighted by Gasteiger charge is -2.44. The van der Waals surface area contributed by atoms with Crippen molar-refractivity contribution in [1.29, 1.82) is 0 Å². The van der Waals surface area contributed by atoms with E-state index in [0.29, 0.717) is 21.7 Å². The van der Waals surface area contributed by atoms with E-state index in [1.165, 1.54) is 12.8 Å². The molecular weight excluding hydrogens is 331 g/mol. The molecule has 1 aromatic rings. The number of carbonyl (C=O) groups is 1. The first-order valence-corrected chi connectivity index (χ1v) is 9.02. The fourth-order valence-corrected chi connectivity index (χ4v) is 3.86. The summed E-state index contributed by atoms with van der Waals surface area (Å²) in [6.07, 6.45) is 4.59. The van der Waals surface area contributed by atoms with Gasteiger partial charge in [0.05, 0.1) is 10.0 Å². The molecule has 1 aliphatic rings. The lowest BCUT2D eigenvalue weighted by molar-refractivity contribution is 0.0357. The van der Waals surface area contributed by atoms with Gasteiger partial charge in [0.15, 0.2) is 0 Å². The van der Waals surface area contributed by atoms with Crippen LogP contribution in [-0.4, -0.2) is 47.9 Å². The Balaban J connectivity index is 2.32. The Morgan fingerprint density at radius 3 is 2.22 bits per heavy atom. The van der Waals surface area contributed by atoms with Gasteiger partial charge in [0.1, 0.15) is 0 Å². The number of likely N-dealkylation sites (N-methyl/N-ethyl adjacent to an activating group) is 1. The Hall–Kier alpha value is -0.770. The molecule has 2 atom stereocenters. The lowest BCUT2D eigenvalue weighted by Crippen LogP contribution is -2.55. The van der Waals surface area contributed by atoms with Crippen LogP contribution in [0.4, 0.5) is 0 Å². The average molecular weight is 357 g/mol. The first-order valence-electron chi connectivity index (χ1n) is 8.27. The molecule has 3 nitrogen and oxygen atoms in total. The van der Waals surface area contributed by atoms with E-state index in [1.807, 2.05) is 4.90 Å². The molecule has 0 aliphatic heterocycles. The van der Waals surface area contributed by atoms with Crippen LogP contribution < -0.4 is 0 Å². The maximum atomic E-state index is 13.1. The van der Waals surface area contributed by atoms with Crippen LogP contribution in [0, 0.1) is 0 Å². The van der Waals surface area contributed by atoms with Gasteiger partial charge < -0.3 is 9.80 Å². The Bertz CT molecular complexity index is 560. The van der Waals surface area contributed by atoms with Crippen LogP contribution in [0.2, 0.25) is 10.0 Å². The topological polar surface area (TPSA) is 23.6 Å². The first kappa shape index (κ1) is 18.6. The molecule has 1 saturated carbocycles. The molecule has 2 unspecified atom stereocenters. The maximum Gasteiger partial charge on any atom is 0.254 e. The Morgan fingerprint density at radius 1 is 1.09 bits per heavy atom. The minimum atomic E-state index is 0.0392. The number of halogens is 2. The highest BCUT2D eigenvalue weighted by molar-refractivity contribution is 6.42. The quantitative estimate of drug-likeness (QED) is 0.779. The second kappa shape index (κ2) is 7.87. The van der Waals surface area contributed by atoms with Crippen LogP contribution in [0.25, 0.3) is 0 Å². The molecule has 1 amide bonds. The summed E-state index contributed by atoms with van der Waals surface area (Å²) < 4.78 is 0. The molecule has 0 bridgehead atoms. The number of amides is 1. The van der Waals surface area contributed by atoms with Crippen LogP contribution in [0.1, 0.15) is 49.9 Å². The maximum absolute atomic E-state index is 13.1. The summed E-state index contributed by atoms with van der Waals surface area (Å²) in [5.41, 5.74) is 0.608. The van der Waals surface area contributed by atoms with Gasteiger partial charge in [-0.25, -0.2) is 0 Å². The summed E-state index contributed by atoms with van der Waals surface area (Å²) in [5.74, 6) is 0.0392. The molecular formula is C18H26Cl2N2O. The predicted molar refractivity (Wildman–Crippen MR) is 97.5 cm³/mol. The van der Waals surface area contributed by atoms with Gasteiger partial charge in [-0.05, 0) is 59.0 Å². The number of nitrogens with zero attached hydrogens (tertiary/aromatic N) is 2. The summed E-state index contributed by atoms with van der Waals surface area (Å²) in [7, 11) is 4.20. The van der Waals surface area contributed by atoms with Crippen molar-refractivity contribution in [3.63, 3.8) is 0 Å². The third kappa shape index (κ3) is 4.20. The highest BCUT2D eigenvalue weighted by atomic mass is 35.5. The van der Waals surface area contributed by atoms with Gasteiger partial charge in [0.25, 0.3) is 5.91 Å². The van der Waals surface area contributed by atoms with E-state index in [0.717, 1.165) is 12.8 Å². The molecule has 0 N–H and O–H groups in total. The highest BCUT2D eigenvalue weighted by Crippen LogP contribution is 2.30. The first-order chi connectivity index (χ1) is 10.8. The monoisotopic (exact) mass is 356 g/mol. The second-order valence-electron chi connectivity index (χ2n) is 6.82. The van der Waals surface area contributed by atoms with E-state index in [-0.39, 0.29) is 18.0 Å². The Morgan fingerprint density at radius 2 is 1.70 bits per heavy atom. The third-order valence-electron chi connectivity index (χ3n) is 4.67. The van der Waals surface area contributed by atoms with Crippen LogP contribution >= 0.6 is 23.2 Å². The fraction of sp³-hybridized carbons (Fsp3) is 0.611. The number of hydrogen-bond acceptors (Lipinski definition) is 2. The minimum Gasteiger partial charge on any atom is -0.332 e. The second-order valence-corrected chi connectivity index (χ2v) is 7.63. The molecule has 0 radical (unpaired) electrons. The van der Waals surface area contributed by atoms with E-state index in [9.17, 15) is 4.79 Å². The zero-order valence-corrected chi connectivity index (χ0v) is 15.9. The molecule has 128 valence electrons. The van der Waals surface area contributed by atoms with Crippen molar-refractivity contribution in [2.24, 2.45) is 0 Å². The molecule has 1 fully saturated rings. The molecule has 0 saturated heterocycles. The van der Waals surface area contributed by atoms with E-state index in [1.54, 1.807) is 18.2 Å². The zero-order valence-electron chi connectivity index (χ0n) is 14.4. The van der Waals surface area contributed by atoms with Crippen LogP contribution in [0.15, 0.2) is 18.2 Å². The molecule has 5 heteroatoms. The van der Waals surface area contributed by atoms with Crippen molar-refractivity contribution in [3.8, 4) is 0 Å².